The second-order valence-electron chi connectivity index (χ2n) is 4.63. The Balaban J connectivity index is 2.28. The molecule has 84 valence electrons. The number of nitrogens with one attached hydrogen (secondary N) is 1. The number of nitrogens with zero attached hydrogens (tertiary/aromatic N) is 1. The molecule has 0 aromatic carbocycles. The van der Waals surface area contributed by atoms with Gasteiger partial charge in [0.15, 0.2) is 0 Å². The van der Waals surface area contributed by atoms with Crippen LogP contribution in [0.4, 0.5) is 0 Å². The molecular formula is C12H26N2. The van der Waals surface area contributed by atoms with E-state index in [0.29, 0.717) is 6.04 Å². The van der Waals surface area contributed by atoms with Gasteiger partial charge in [-0.3, -0.25) is 0 Å². The molecule has 2 nitrogen and oxygen atoms in total. The predicted octanol–water partition coefficient (Wildman–Crippen LogP) is 2.11. The molecule has 1 N–H and O–H groups in total. The van der Waals surface area contributed by atoms with Crippen LogP contribution >= 0.6 is 0 Å². The van der Waals surface area contributed by atoms with Crippen molar-refractivity contribution in [1.82, 2.24) is 10.2 Å². The third-order valence-electron chi connectivity index (χ3n) is 3.53. The molecule has 0 radical (unpaired) electrons. The highest BCUT2D eigenvalue weighted by atomic mass is 15.1. The van der Waals surface area contributed by atoms with Crippen LogP contribution in [0.5, 0.6) is 0 Å². The molecule has 0 spiro atoms. The molecule has 1 saturated heterocycles. The van der Waals surface area contributed by atoms with Crippen molar-refractivity contribution in [3.8, 4) is 0 Å². The first kappa shape index (κ1) is 12.0. The van der Waals surface area contributed by atoms with Gasteiger partial charge in [-0.2, -0.15) is 0 Å². The Kier molecular flexibility index (Phi) is 5.49. The van der Waals surface area contributed by atoms with Gasteiger partial charge < -0.3 is 10.2 Å². The number of likely N-dealkylation sites (tertiary alicyclic amines) is 1. The second-order valence-corrected chi connectivity index (χ2v) is 4.63. The molecule has 0 amide bonds. The highest BCUT2D eigenvalue weighted by Gasteiger charge is 2.22. The van der Waals surface area contributed by atoms with Crippen molar-refractivity contribution >= 4 is 0 Å². The summed E-state index contributed by atoms with van der Waals surface area (Å²) in [4.78, 5) is 2.64. The fourth-order valence-electron chi connectivity index (χ4n) is 2.32. The van der Waals surface area contributed by atoms with Crippen LogP contribution in [0.3, 0.4) is 0 Å². The first-order valence-electron chi connectivity index (χ1n) is 6.17. The molecule has 0 aromatic heterocycles. The van der Waals surface area contributed by atoms with Crippen molar-refractivity contribution in [2.45, 2.75) is 45.6 Å². The topological polar surface area (TPSA) is 15.3 Å². The van der Waals surface area contributed by atoms with E-state index >= 15 is 0 Å². The predicted molar refractivity (Wildman–Crippen MR) is 62.6 cm³/mol. The van der Waals surface area contributed by atoms with E-state index in [1.165, 1.54) is 45.3 Å². The van der Waals surface area contributed by atoms with Crippen LogP contribution in [-0.2, 0) is 0 Å². The first-order valence-corrected chi connectivity index (χ1v) is 6.17. The molecule has 0 bridgehead atoms. The number of hydrogen-bond donors (Lipinski definition) is 1. The van der Waals surface area contributed by atoms with E-state index in [1.807, 2.05) is 0 Å². The van der Waals surface area contributed by atoms with Gasteiger partial charge in [0.2, 0.25) is 0 Å². The highest BCUT2D eigenvalue weighted by molar-refractivity contribution is 4.79. The van der Waals surface area contributed by atoms with Gasteiger partial charge in [-0.15, -0.1) is 0 Å². The quantitative estimate of drug-likeness (QED) is 0.728. The van der Waals surface area contributed by atoms with Crippen molar-refractivity contribution in [2.75, 3.05) is 26.7 Å². The fourth-order valence-corrected chi connectivity index (χ4v) is 2.32. The summed E-state index contributed by atoms with van der Waals surface area (Å²) in [5.74, 6) is 0.866. The van der Waals surface area contributed by atoms with Gasteiger partial charge >= 0.3 is 0 Å². The van der Waals surface area contributed by atoms with Crippen LogP contribution in [0, 0.1) is 5.92 Å². The van der Waals surface area contributed by atoms with E-state index in [-0.39, 0.29) is 0 Å². The van der Waals surface area contributed by atoms with E-state index < -0.39 is 0 Å². The smallest absolute Gasteiger partial charge is 0.00762 e. The normalized spacial score (nSPS) is 26.4. The maximum absolute atomic E-state index is 3.38. The van der Waals surface area contributed by atoms with E-state index in [9.17, 15) is 0 Å². The molecule has 2 heteroatoms. The number of rotatable bonds is 5. The molecule has 0 saturated carbocycles. The van der Waals surface area contributed by atoms with Crippen LogP contribution in [0.1, 0.15) is 39.5 Å². The maximum atomic E-state index is 3.38. The molecule has 1 heterocycles. The molecule has 1 rings (SSSR count). The summed E-state index contributed by atoms with van der Waals surface area (Å²) in [6.07, 6.45) is 5.48. The molecule has 1 aliphatic rings. The molecule has 0 aromatic rings. The largest absolute Gasteiger partial charge is 0.317 e. The Morgan fingerprint density at radius 2 is 2.29 bits per heavy atom. The van der Waals surface area contributed by atoms with Crippen LogP contribution < -0.4 is 5.32 Å². The van der Waals surface area contributed by atoms with Gasteiger partial charge in [0.1, 0.15) is 0 Å². The van der Waals surface area contributed by atoms with Crippen LogP contribution in [0.2, 0.25) is 0 Å². The average molecular weight is 198 g/mol. The maximum Gasteiger partial charge on any atom is 0.00762 e. The van der Waals surface area contributed by atoms with E-state index in [1.54, 1.807) is 0 Å². The van der Waals surface area contributed by atoms with Crippen LogP contribution in [0.25, 0.3) is 0 Å². The molecule has 1 fully saturated rings. The van der Waals surface area contributed by atoms with Gasteiger partial charge in [0.05, 0.1) is 0 Å². The molecular weight excluding hydrogens is 172 g/mol. The zero-order valence-electron chi connectivity index (χ0n) is 10.1. The summed E-state index contributed by atoms with van der Waals surface area (Å²) in [5.41, 5.74) is 0. The standard InChI is InChI=1S/C12H26N2/c1-4-5-8-14-9-6-7-12(10-14)11(2)13-3/h11-13H,4-10H2,1-3H3. The average Bonchev–Trinajstić information content (AvgIpc) is 2.25. The number of piperidine rings is 1. The molecule has 14 heavy (non-hydrogen) atoms. The molecule has 2 unspecified atom stereocenters. The lowest BCUT2D eigenvalue weighted by molar-refractivity contribution is 0.152. The monoisotopic (exact) mass is 198 g/mol. The minimum atomic E-state index is 0.680. The molecule has 0 aliphatic carbocycles. The lowest BCUT2D eigenvalue weighted by atomic mass is 9.91. The summed E-state index contributed by atoms with van der Waals surface area (Å²) >= 11 is 0. The zero-order valence-corrected chi connectivity index (χ0v) is 10.1. The van der Waals surface area contributed by atoms with Crippen molar-refractivity contribution in [2.24, 2.45) is 5.92 Å². The lowest BCUT2D eigenvalue weighted by Gasteiger charge is -2.35. The van der Waals surface area contributed by atoms with E-state index in [0.717, 1.165) is 5.92 Å². The van der Waals surface area contributed by atoms with Crippen molar-refractivity contribution in [3.05, 3.63) is 0 Å². The van der Waals surface area contributed by atoms with Gasteiger partial charge in [0.25, 0.3) is 0 Å². The highest BCUT2D eigenvalue weighted by Crippen LogP contribution is 2.19. The SMILES string of the molecule is CCCCN1CCCC(C(C)NC)C1. The summed E-state index contributed by atoms with van der Waals surface area (Å²) in [6, 6.07) is 0.680. The van der Waals surface area contributed by atoms with Crippen LogP contribution in [-0.4, -0.2) is 37.6 Å². The van der Waals surface area contributed by atoms with Crippen LogP contribution in [0.15, 0.2) is 0 Å². The van der Waals surface area contributed by atoms with Gasteiger partial charge in [-0.25, -0.2) is 0 Å². The second kappa shape index (κ2) is 6.41. The Labute approximate surface area is 89.1 Å². The van der Waals surface area contributed by atoms with Gasteiger partial charge in [-0.05, 0) is 52.2 Å². The third-order valence-corrected chi connectivity index (χ3v) is 3.53. The number of hydrogen-bond acceptors (Lipinski definition) is 2. The Bertz CT molecular complexity index is 147. The minimum Gasteiger partial charge on any atom is -0.317 e. The number of unbranched alkanes of at least 4 members (excludes halogenated alkanes) is 1. The summed E-state index contributed by atoms with van der Waals surface area (Å²) in [6.45, 7) is 8.53. The lowest BCUT2D eigenvalue weighted by Crippen LogP contribution is -2.43. The van der Waals surface area contributed by atoms with Gasteiger partial charge in [-0.1, -0.05) is 13.3 Å². The summed E-state index contributed by atoms with van der Waals surface area (Å²) < 4.78 is 0. The van der Waals surface area contributed by atoms with Crippen molar-refractivity contribution in [3.63, 3.8) is 0 Å². The van der Waals surface area contributed by atoms with E-state index in [2.05, 4.69) is 31.1 Å². The van der Waals surface area contributed by atoms with E-state index in [4.69, 9.17) is 0 Å². The Hall–Kier alpha value is -0.0800. The Morgan fingerprint density at radius 3 is 2.93 bits per heavy atom. The summed E-state index contributed by atoms with van der Waals surface area (Å²) in [5, 5.41) is 3.38. The third kappa shape index (κ3) is 3.58. The Morgan fingerprint density at radius 1 is 1.50 bits per heavy atom. The fraction of sp³-hybridized carbons (Fsp3) is 1.00. The summed E-state index contributed by atoms with van der Waals surface area (Å²) in [7, 11) is 2.08. The van der Waals surface area contributed by atoms with Crippen molar-refractivity contribution in [1.29, 1.82) is 0 Å². The first-order chi connectivity index (χ1) is 6.77. The molecule has 1 aliphatic heterocycles. The molecule has 2 atom stereocenters. The van der Waals surface area contributed by atoms with Gasteiger partial charge in [0, 0.05) is 12.6 Å². The minimum absolute atomic E-state index is 0.680. The van der Waals surface area contributed by atoms with Crippen molar-refractivity contribution < 1.29 is 0 Å². The zero-order chi connectivity index (χ0) is 10.4.